The third kappa shape index (κ3) is 33.3. The standard InChI is InChI=1S/C9H9N3O.C7H7N3.C6H6N2O2.C6H8N2.2C3H7NO.C3H6O2.C2H4O2.CBrN/c1-6(13)10-9-11-7-4-2-3-5-8(7)12-9;8-7-9-5-3-1-2-4-6(5)10-7;7-5-3-1-2-4-6(5)8(9)10;7-5-3-1-2-4-6(5)8;2*1-3(5)4-2;1-3(4)5-2;1-2(3)4;2-1-3/h2-5H,1H3,(H2,10,11,12,13);1-4H,(H3,8,9,10);1-4H,7H2;1-4H,7-8H2;2*1-2H3,(H,4,5);1-2H3;1H3,(H,3,4);. The first-order valence-electron chi connectivity index (χ1n) is 17.7. The number of nitro groups is 1. The van der Waals surface area contributed by atoms with E-state index in [9.17, 15) is 29.3 Å². The van der Waals surface area contributed by atoms with Gasteiger partial charge in [0.05, 0.1) is 45.5 Å². The average Bonchev–Trinajstić information content (AvgIpc) is 3.82. The van der Waals surface area contributed by atoms with Crippen molar-refractivity contribution >= 4 is 102 Å². The molecule has 14 N–H and O–H groups in total. The second-order valence-corrected chi connectivity index (χ2v) is 11.6. The van der Waals surface area contributed by atoms with E-state index in [1.807, 2.05) is 60.7 Å². The fourth-order valence-electron chi connectivity index (χ4n) is 3.32. The van der Waals surface area contributed by atoms with Crippen LogP contribution in [-0.2, 0) is 28.7 Å². The highest BCUT2D eigenvalue weighted by molar-refractivity contribution is 9.12. The second kappa shape index (κ2) is 35.7. The summed E-state index contributed by atoms with van der Waals surface area (Å²) in [5.41, 5.74) is 26.6. The maximum Gasteiger partial charge on any atom is 0.302 e. The molecule has 2 heterocycles. The number of nitrogens with two attached hydrogens (primary N) is 4. The lowest BCUT2D eigenvalue weighted by Gasteiger charge is -1.94. The monoisotopic (exact) mass is 939 g/mol. The Morgan fingerprint density at radius 2 is 1.03 bits per heavy atom. The summed E-state index contributed by atoms with van der Waals surface area (Å²) in [7, 11) is 4.55. The van der Waals surface area contributed by atoms with Crippen LogP contribution >= 0.6 is 15.9 Å². The number of aliphatic carboxylic acids is 1. The number of nitro benzene ring substituents is 1. The molecule has 0 bridgehead atoms. The SMILES string of the molecule is CC(=O)Nc1nc2ccccc2[nH]1.CC(=O)O.CNC(C)=O.CNC(C)=O.COC(C)=O.N#CBr.Nc1ccccc1N.Nc1ccccc1[N+](=O)[O-].Nc1nc2ccccc2[nH]1. The van der Waals surface area contributed by atoms with Crippen molar-refractivity contribution in [2.75, 3.05) is 49.5 Å². The van der Waals surface area contributed by atoms with Gasteiger partial charge in [-0.25, -0.2) is 9.97 Å². The Morgan fingerprint density at radius 3 is 1.32 bits per heavy atom. The van der Waals surface area contributed by atoms with Crippen LogP contribution in [0.15, 0.2) is 97.1 Å². The van der Waals surface area contributed by atoms with Gasteiger partial charge in [-0.15, -0.1) is 0 Å². The van der Waals surface area contributed by atoms with E-state index in [4.69, 9.17) is 38.1 Å². The third-order valence-electron chi connectivity index (χ3n) is 6.21. The number of carboxylic acid groups (broad SMARTS) is 1. The van der Waals surface area contributed by atoms with Crippen LogP contribution in [0.25, 0.3) is 22.1 Å². The number of nitrogen functional groups attached to an aromatic ring is 4. The number of aromatic amines is 2. The molecular formula is C40H54BrN13O9. The van der Waals surface area contributed by atoms with Crippen molar-refractivity contribution in [3.8, 4) is 4.98 Å². The van der Waals surface area contributed by atoms with Gasteiger partial charge >= 0.3 is 5.97 Å². The molecule has 6 rings (SSSR count). The number of esters is 1. The number of halogens is 1. The van der Waals surface area contributed by atoms with Crippen LogP contribution in [0.4, 0.5) is 34.6 Å². The van der Waals surface area contributed by atoms with Gasteiger partial charge in [0.1, 0.15) is 10.7 Å². The van der Waals surface area contributed by atoms with Gasteiger partial charge < -0.3 is 53.4 Å². The molecule has 0 aliphatic heterocycles. The first-order chi connectivity index (χ1) is 29.6. The summed E-state index contributed by atoms with van der Waals surface area (Å²) in [6.45, 7) is 6.84. The van der Waals surface area contributed by atoms with E-state index in [-0.39, 0.29) is 35.1 Å². The summed E-state index contributed by atoms with van der Waals surface area (Å²) in [5.74, 6) is -0.228. The van der Waals surface area contributed by atoms with Gasteiger partial charge in [0.2, 0.25) is 23.7 Å². The van der Waals surface area contributed by atoms with Gasteiger partial charge in [0, 0.05) is 70.7 Å². The number of anilines is 5. The van der Waals surface area contributed by atoms with Crippen molar-refractivity contribution in [2.24, 2.45) is 0 Å². The number of imidazole rings is 2. The smallest absolute Gasteiger partial charge is 0.302 e. The number of para-hydroxylation sites is 8. The molecule has 0 aliphatic rings. The number of benzene rings is 4. The van der Waals surface area contributed by atoms with Crippen molar-refractivity contribution in [3.63, 3.8) is 0 Å². The fraction of sp³-hybridized carbons (Fsp3) is 0.200. The molecule has 340 valence electrons. The normalized spacial score (nSPS) is 8.51. The number of rotatable bonds is 2. The lowest BCUT2D eigenvalue weighted by atomic mass is 10.3. The van der Waals surface area contributed by atoms with Crippen molar-refractivity contribution in [2.45, 2.75) is 34.6 Å². The van der Waals surface area contributed by atoms with E-state index in [1.54, 1.807) is 43.3 Å². The van der Waals surface area contributed by atoms with Crippen molar-refractivity contribution in [1.82, 2.24) is 30.6 Å². The molecule has 23 heteroatoms. The number of fused-ring (bicyclic) bond motifs is 2. The number of nitriles is 1. The van der Waals surface area contributed by atoms with Gasteiger partial charge in [-0.3, -0.25) is 39.4 Å². The fourth-order valence-corrected chi connectivity index (χ4v) is 3.32. The zero-order valence-electron chi connectivity index (χ0n) is 35.9. The van der Waals surface area contributed by atoms with Crippen molar-refractivity contribution in [3.05, 3.63) is 107 Å². The Labute approximate surface area is 372 Å². The number of carbonyl (C=O) groups is 5. The number of hydrogen-bond acceptors (Lipinski definition) is 15. The Bertz CT molecular complexity index is 2210. The Balaban J connectivity index is -0.000000668. The summed E-state index contributed by atoms with van der Waals surface area (Å²) < 4.78 is 4.11. The van der Waals surface area contributed by atoms with E-state index in [1.165, 1.54) is 46.9 Å². The summed E-state index contributed by atoms with van der Waals surface area (Å²) in [6, 6.07) is 28.7. The minimum Gasteiger partial charge on any atom is -0.481 e. The molecule has 0 saturated heterocycles. The van der Waals surface area contributed by atoms with Gasteiger partial charge in [0.25, 0.3) is 11.7 Å². The van der Waals surface area contributed by atoms with Crippen LogP contribution in [0, 0.1) is 20.4 Å². The van der Waals surface area contributed by atoms with E-state index in [2.05, 4.69) is 56.6 Å². The Kier molecular flexibility index (Phi) is 33.4. The molecule has 22 nitrogen and oxygen atoms in total. The Hall–Kier alpha value is -8.26. The number of aromatic nitrogens is 4. The summed E-state index contributed by atoms with van der Waals surface area (Å²) >= 11 is 2.45. The molecule has 0 spiro atoms. The quantitative estimate of drug-likeness (QED) is 0.0454. The highest BCUT2D eigenvalue weighted by atomic mass is 79.9. The predicted molar refractivity (Wildman–Crippen MR) is 249 cm³/mol. The molecule has 6 aromatic rings. The molecule has 2 aromatic heterocycles. The number of ether oxygens (including phenoxy) is 1. The maximum atomic E-state index is 10.7. The number of carboxylic acids is 1. The third-order valence-corrected chi connectivity index (χ3v) is 6.21. The number of amides is 3. The first kappa shape index (κ1) is 59.1. The second-order valence-electron chi connectivity index (χ2n) is 11.3. The van der Waals surface area contributed by atoms with Gasteiger partial charge in [-0.2, -0.15) is 5.26 Å². The largest absolute Gasteiger partial charge is 0.481 e. The molecule has 4 aromatic carbocycles. The van der Waals surface area contributed by atoms with Crippen molar-refractivity contribution in [1.29, 1.82) is 5.26 Å². The molecule has 63 heavy (non-hydrogen) atoms. The van der Waals surface area contributed by atoms with Crippen LogP contribution < -0.4 is 38.9 Å². The molecular weight excluding hydrogens is 886 g/mol. The number of nitrogens with zero attached hydrogens (tertiary/aromatic N) is 4. The highest BCUT2D eigenvalue weighted by Crippen LogP contribution is 2.18. The molecule has 0 atom stereocenters. The number of H-pyrrole nitrogens is 2. The minimum absolute atomic E-state index is 0.00463. The van der Waals surface area contributed by atoms with Crippen LogP contribution in [0.3, 0.4) is 0 Å². The van der Waals surface area contributed by atoms with Crippen molar-refractivity contribution < 1.29 is 38.7 Å². The molecule has 0 saturated carbocycles. The number of nitrogens with one attached hydrogen (secondary N) is 5. The average molecular weight is 941 g/mol. The minimum atomic E-state index is -0.833. The zero-order chi connectivity index (χ0) is 48.9. The van der Waals surface area contributed by atoms with Crippen LogP contribution in [0.2, 0.25) is 0 Å². The lowest BCUT2D eigenvalue weighted by molar-refractivity contribution is -0.383. The van der Waals surface area contributed by atoms with Gasteiger partial charge in [-0.1, -0.05) is 48.5 Å². The Morgan fingerprint density at radius 1 is 0.698 bits per heavy atom. The lowest BCUT2D eigenvalue weighted by Crippen LogP contribution is -2.11. The van der Waals surface area contributed by atoms with Gasteiger partial charge in [0.15, 0.2) is 5.95 Å². The van der Waals surface area contributed by atoms with E-state index >= 15 is 0 Å². The van der Waals surface area contributed by atoms with E-state index < -0.39 is 10.9 Å². The summed E-state index contributed by atoms with van der Waals surface area (Å²) in [4.78, 5) is 74.0. The summed E-state index contributed by atoms with van der Waals surface area (Å²) in [5, 5.41) is 32.2. The van der Waals surface area contributed by atoms with Crippen LogP contribution in [0.1, 0.15) is 34.6 Å². The topological polar surface area (TPSA) is 379 Å². The van der Waals surface area contributed by atoms with Crippen LogP contribution in [-0.4, -0.2) is 80.8 Å². The predicted octanol–water partition coefficient (Wildman–Crippen LogP) is 5.33. The molecule has 0 aliphatic carbocycles. The number of carbonyl (C=O) groups excluding carboxylic acids is 4. The van der Waals surface area contributed by atoms with E-state index in [0.29, 0.717) is 23.3 Å². The molecule has 0 unspecified atom stereocenters. The molecule has 3 amide bonds. The number of hydrogen-bond donors (Lipinski definition) is 10. The maximum absolute atomic E-state index is 10.7. The highest BCUT2D eigenvalue weighted by Gasteiger charge is 2.07. The van der Waals surface area contributed by atoms with E-state index in [0.717, 1.165) is 29.0 Å². The molecule has 0 radical (unpaired) electrons. The van der Waals surface area contributed by atoms with Crippen LogP contribution in [0.5, 0.6) is 0 Å². The summed E-state index contributed by atoms with van der Waals surface area (Å²) in [6.07, 6.45) is 0. The first-order valence-corrected chi connectivity index (χ1v) is 18.5. The zero-order valence-corrected chi connectivity index (χ0v) is 37.5. The van der Waals surface area contributed by atoms with Gasteiger partial charge in [-0.05, 0) is 42.5 Å². The molecule has 0 fully saturated rings. The number of methoxy groups -OCH3 is 1.